The van der Waals surface area contributed by atoms with Gasteiger partial charge in [0.1, 0.15) is 10.8 Å². The summed E-state index contributed by atoms with van der Waals surface area (Å²) in [6.07, 6.45) is 2.21. The van der Waals surface area contributed by atoms with Gasteiger partial charge in [-0.25, -0.2) is 4.79 Å². The summed E-state index contributed by atoms with van der Waals surface area (Å²) in [6, 6.07) is 7.79. The Morgan fingerprint density at radius 2 is 2.15 bits per heavy atom. The average Bonchev–Trinajstić information content (AvgIpc) is 2.45. The van der Waals surface area contributed by atoms with Crippen LogP contribution >= 0.6 is 11.6 Å². The Hall–Kier alpha value is -2.01. The topological polar surface area (TPSA) is 64.1 Å². The lowest BCUT2D eigenvalue weighted by Gasteiger charge is -2.26. The fourth-order valence-electron chi connectivity index (χ4n) is 2.46. The number of fused-ring (bicyclic) bond motifs is 1. The van der Waals surface area contributed by atoms with Crippen LogP contribution in [0.4, 0.5) is 0 Å². The largest absolute Gasteiger partial charge is 0.493 e. The van der Waals surface area contributed by atoms with E-state index in [0.29, 0.717) is 13.2 Å². The average molecular weight is 293 g/mol. The molecule has 0 spiro atoms. The maximum Gasteiger partial charge on any atom is 0.328 e. The molecule has 2 heterocycles. The van der Waals surface area contributed by atoms with Gasteiger partial charge in [-0.2, -0.15) is 0 Å². The van der Waals surface area contributed by atoms with Crippen LogP contribution in [0.3, 0.4) is 0 Å². The van der Waals surface area contributed by atoms with Crippen molar-refractivity contribution in [1.29, 1.82) is 0 Å². The Morgan fingerprint density at radius 1 is 1.35 bits per heavy atom. The fourth-order valence-corrected chi connectivity index (χ4v) is 2.63. The fraction of sp³-hybridized carbons (Fsp3) is 0.286. The minimum atomic E-state index is -0.555. The van der Waals surface area contributed by atoms with Crippen LogP contribution in [0.1, 0.15) is 17.9 Å². The van der Waals surface area contributed by atoms with Crippen molar-refractivity contribution in [3.63, 3.8) is 0 Å². The van der Waals surface area contributed by atoms with Crippen molar-refractivity contribution in [3.05, 3.63) is 61.9 Å². The minimum absolute atomic E-state index is 0.0185. The number of aromatic amines is 1. The van der Waals surface area contributed by atoms with E-state index in [1.807, 2.05) is 24.3 Å². The van der Waals surface area contributed by atoms with Crippen molar-refractivity contribution < 1.29 is 4.74 Å². The smallest absolute Gasteiger partial charge is 0.328 e. The summed E-state index contributed by atoms with van der Waals surface area (Å²) in [5.41, 5.74) is 0.0802. The van der Waals surface area contributed by atoms with Gasteiger partial charge in [-0.05, 0) is 18.1 Å². The Kier molecular flexibility index (Phi) is 3.36. The number of benzene rings is 1. The molecule has 0 amide bonds. The van der Waals surface area contributed by atoms with E-state index in [0.717, 1.165) is 17.7 Å². The monoisotopic (exact) mass is 292 g/mol. The van der Waals surface area contributed by atoms with Crippen molar-refractivity contribution in [3.8, 4) is 5.75 Å². The summed E-state index contributed by atoms with van der Waals surface area (Å²) in [5.74, 6) is 1.02. The summed E-state index contributed by atoms with van der Waals surface area (Å²) < 4.78 is 7.03. The first-order valence-electron chi connectivity index (χ1n) is 6.36. The van der Waals surface area contributed by atoms with Crippen molar-refractivity contribution in [2.24, 2.45) is 0 Å². The van der Waals surface area contributed by atoms with E-state index >= 15 is 0 Å². The standard InChI is InChI=1S/C14H13ClN2O3/c15-11-8-17(14(19)16-13(11)18)7-9-5-6-20-12-4-2-1-3-10(9)12/h1-4,8-9H,5-7H2,(H,16,18,19). The van der Waals surface area contributed by atoms with E-state index in [1.54, 1.807) is 0 Å². The molecule has 0 radical (unpaired) electrons. The van der Waals surface area contributed by atoms with Gasteiger partial charge in [0.15, 0.2) is 0 Å². The van der Waals surface area contributed by atoms with Crippen LogP contribution in [0.5, 0.6) is 5.75 Å². The number of ether oxygens (including phenoxy) is 1. The van der Waals surface area contributed by atoms with Crippen LogP contribution in [-0.4, -0.2) is 16.2 Å². The quantitative estimate of drug-likeness (QED) is 0.917. The van der Waals surface area contributed by atoms with E-state index in [1.165, 1.54) is 10.8 Å². The number of hydrogen-bond acceptors (Lipinski definition) is 3. The highest BCUT2D eigenvalue weighted by Crippen LogP contribution is 2.34. The highest BCUT2D eigenvalue weighted by Gasteiger charge is 2.22. The number of nitrogens with one attached hydrogen (secondary N) is 1. The number of halogens is 1. The van der Waals surface area contributed by atoms with Crippen molar-refractivity contribution in [2.75, 3.05) is 6.61 Å². The Morgan fingerprint density at radius 3 is 3.00 bits per heavy atom. The summed E-state index contributed by atoms with van der Waals surface area (Å²) in [7, 11) is 0. The Balaban J connectivity index is 1.95. The second-order valence-corrected chi connectivity index (χ2v) is 5.17. The van der Waals surface area contributed by atoms with E-state index in [4.69, 9.17) is 16.3 Å². The molecule has 20 heavy (non-hydrogen) atoms. The van der Waals surface area contributed by atoms with Crippen LogP contribution in [0.15, 0.2) is 40.1 Å². The van der Waals surface area contributed by atoms with Gasteiger partial charge in [0.25, 0.3) is 5.56 Å². The molecule has 0 aliphatic carbocycles. The number of aromatic nitrogens is 2. The second kappa shape index (κ2) is 5.17. The number of para-hydroxylation sites is 1. The molecule has 0 saturated carbocycles. The molecule has 0 saturated heterocycles. The van der Waals surface area contributed by atoms with Crippen LogP contribution in [0.25, 0.3) is 0 Å². The molecule has 104 valence electrons. The summed E-state index contributed by atoms with van der Waals surface area (Å²) in [5, 5.41) is 0.0185. The highest BCUT2D eigenvalue weighted by atomic mass is 35.5. The molecule has 1 aromatic heterocycles. The van der Waals surface area contributed by atoms with Crippen LogP contribution in [0, 0.1) is 0 Å². The van der Waals surface area contributed by atoms with E-state index in [-0.39, 0.29) is 10.9 Å². The van der Waals surface area contributed by atoms with Gasteiger partial charge in [-0.3, -0.25) is 14.3 Å². The molecule has 3 rings (SSSR count). The normalized spacial score (nSPS) is 17.4. The number of nitrogens with zero attached hydrogens (tertiary/aromatic N) is 1. The van der Waals surface area contributed by atoms with Crippen molar-refractivity contribution in [2.45, 2.75) is 18.9 Å². The number of H-pyrrole nitrogens is 1. The van der Waals surface area contributed by atoms with Crippen molar-refractivity contribution in [1.82, 2.24) is 9.55 Å². The third kappa shape index (κ3) is 2.36. The van der Waals surface area contributed by atoms with E-state index in [2.05, 4.69) is 4.98 Å². The zero-order valence-corrected chi connectivity index (χ0v) is 11.4. The lowest BCUT2D eigenvalue weighted by atomic mass is 9.93. The molecule has 0 fully saturated rings. The molecule has 1 atom stereocenters. The Bertz CT molecular complexity index is 751. The maximum atomic E-state index is 11.8. The summed E-state index contributed by atoms with van der Waals surface area (Å²) >= 11 is 5.78. The van der Waals surface area contributed by atoms with Crippen molar-refractivity contribution >= 4 is 11.6 Å². The van der Waals surface area contributed by atoms with Crippen LogP contribution in [0.2, 0.25) is 5.02 Å². The molecule has 6 heteroatoms. The third-order valence-corrected chi connectivity index (χ3v) is 3.74. The van der Waals surface area contributed by atoms with Crippen LogP contribution < -0.4 is 16.0 Å². The van der Waals surface area contributed by atoms with Gasteiger partial charge < -0.3 is 4.74 Å². The van der Waals surface area contributed by atoms with Gasteiger partial charge in [-0.1, -0.05) is 29.8 Å². The predicted molar refractivity (Wildman–Crippen MR) is 75.6 cm³/mol. The minimum Gasteiger partial charge on any atom is -0.493 e. The summed E-state index contributed by atoms with van der Waals surface area (Å²) in [4.78, 5) is 25.3. The first-order chi connectivity index (χ1) is 9.65. The van der Waals surface area contributed by atoms with Gasteiger partial charge in [0.05, 0.1) is 6.61 Å². The molecule has 1 unspecified atom stereocenters. The summed E-state index contributed by atoms with van der Waals surface area (Å²) in [6.45, 7) is 1.09. The van der Waals surface area contributed by atoms with E-state index in [9.17, 15) is 9.59 Å². The Labute approximate surface area is 119 Å². The predicted octanol–water partition coefficient (Wildman–Crippen LogP) is 1.76. The maximum absolute atomic E-state index is 11.8. The molecule has 0 bridgehead atoms. The van der Waals surface area contributed by atoms with Crippen LogP contribution in [-0.2, 0) is 6.54 Å². The number of rotatable bonds is 2. The highest BCUT2D eigenvalue weighted by molar-refractivity contribution is 6.30. The number of hydrogen-bond donors (Lipinski definition) is 1. The molecule has 1 aliphatic rings. The molecule has 1 aromatic carbocycles. The molecular formula is C14H13ClN2O3. The molecule has 1 aliphatic heterocycles. The first kappa shape index (κ1) is 13.0. The van der Waals surface area contributed by atoms with Gasteiger partial charge >= 0.3 is 5.69 Å². The van der Waals surface area contributed by atoms with Gasteiger partial charge in [0, 0.05) is 18.7 Å². The zero-order chi connectivity index (χ0) is 14.1. The van der Waals surface area contributed by atoms with Gasteiger partial charge in [0.2, 0.25) is 0 Å². The third-order valence-electron chi connectivity index (χ3n) is 3.47. The second-order valence-electron chi connectivity index (χ2n) is 4.76. The molecule has 5 nitrogen and oxygen atoms in total. The molecular weight excluding hydrogens is 280 g/mol. The lowest BCUT2D eigenvalue weighted by molar-refractivity contribution is 0.258. The van der Waals surface area contributed by atoms with Gasteiger partial charge in [-0.15, -0.1) is 0 Å². The molecule has 2 aromatic rings. The SMILES string of the molecule is O=c1[nH]c(=O)n(CC2CCOc3ccccc32)cc1Cl. The zero-order valence-electron chi connectivity index (χ0n) is 10.6. The van der Waals surface area contributed by atoms with E-state index < -0.39 is 11.2 Å². The molecule has 1 N–H and O–H groups in total. The first-order valence-corrected chi connectivity index (χ1v) is 6.74. The lowest BCUT2D eigenvalue weighted by Crippen LogP contribution is -2.32.